The van der Waals surface area contributed by atoms with Gasteiger partial charge in [0.2, 0.25) is 0 Å². The van der Waals surface area contributed by atoms with E-state index in [0.717, 1.165) is 4.80 Å². The molecule has 0 saturated carbocycles. The van der Waals surface area contributed by atoms with Crippen molar-refractivity contribution in [3.05, 3.63) is 39.5 Å². The van der Waals surface area contributed by atoms with Gasteiger partial charge < -0.3 is 4.57 Å². The Morgan fingerprint density at radius 3 is 2.88 bits per heavy atom. The molecule has 2 aromatic rings. The van der Waals surface area contributed by atoms with Gasteiger partial charge in [0.05, 0.1) is 5.69 Å². The molecule has 3 rings (SSSR count). The van der Waals surface area contributed by atoms with Crippen molar-refractivity contribution in [2.75, 3.05) is 7.05 Å². The van der Waals surface area contributed by atoms with Crippen molar-refractivity contribution in [3.63, 3.8) is 0 Å². The van der Waals surface area contributed by atoms with Crippen LogP contribution in [0.1, 0.15) is 16.9 Å². The van der Waals surface area contributed by atoms with Crippen LogP contribution in [-0.4, -0.2) is 11.6 Å². The van der Waals surface area contributed by atoms with Gasteiger partial charge >= 0.3 is 0 Å². The number of hydrogen-bond acceptors (Lipinski definition) is 2. The highest BCUT2D eigenvalue weighted by atomic mass is 32.1. The zero-order chi connectivity index (χ0) is 11.8. The van der Waals surface area contributed by atoms with Crippen LogP contribution in [0.25, 0.3) is 11.3 Å². The van der Waals surface area contributed by atoms with Crippen LogP contribution in [-0.2, 0) is 19.9 Å². The molecular weight excluding hydrogens is 228 g/mol. The van der Waals surface area contributed by atoms with Crippen LogP contribution in [0.15, 0.2) is 29.3 Å². The van der Waals surface area contributed by atoms with Crippen LogP contribution in [0.2, 0.25) is 0 Å². The second-order valence-electron chi connectivity index (χ2n) is 4.45. The predicted octanol–water partition coefficient (Wildman–Crippen LogP) is 2.77. The lowest BCUT2D eigenvalue weighted by molar-refractivity contribution is 0.839. The molecule has 2 nitrogen and oxygen atoms in total. The fraction of sp³-hybridized carbons (Fsp3) is 0.357. The first-order valence-corrected chi connectivity index (χ1v) is 6.82. The monoisotopic (exact) mass is 244 g/mol. The first-order valence-electron chi connectivity index (χ1n) is 6.01. The summed E-state index contributed by atoms with van der Waals surface area (Å²) in [5.41, 5.74) is 4.25. The summed E-state index contributed by atoms with van der Waals surface area (Å²) in [5, 5.41) is 0. The third kappa shape index (κ3) is 1.65. The summed E-state index contributed by atoms with van der Waals surface area (Å²) >= 11 is 1.84. The molecule has 17 heavy (non-hydrogen) atoms. The molecule has 0 saturated heterocycles. The second-order valence-corrected chi connectivity index (χ2v) is 5.51. The largest absolute Gasteiger partial charge is 0.320 e. The minimum atomic E-state index is 1.12. The molecule has 1 aromatic carbocycles. The number of nitrogens with zero attached hydrogens (tertiary/aromatic N) is 2. The van der Waals surface area contributed by atoms with E-state index in [0.29, 0.717) is 0 Å². The first kappa shape index (κ1) is 10.8. The van der Waals surface area contributed by atoms with Crippen LogP contribution in [0.3, 0.4) is 0 Å². The van der Waals surface area contributed by atoms with Crippen LogP contribution in [0.4, 0.5) is 0 Å². The topological polar surface area (TPSA) is 17.3 Å². The van der Waals surface area contributed by atoms with E-state index in [-0.39, 0.29) is 0 Å². The van der Waals surface area contributed by atoms with E-state index in [9.17, 15) is 0 Å². The van der Waals surface area contributed by atoms with Gasteiger partial charge in [0.15, 0.2) is 4.80 Å². The standard InChI is InChI=1S/C14H16N2S/c1-15-14-16(2)13-11-8-4-3-6-10(11)7-5-9-12(13)17-14/h3-4,6,8H,5,7,9H2,1-2H3. The van der Waals surface area contributed by atoms with Crippen molar-refractivity contribution >= 4 is 11.3 Å². The van der Waals surface area contributed by atoms with E-state index in [2.05, 4.69) is 40.9 Å². The maximum Gasteiger partial charge on any atom is 0.184 e. The quantitative estimate of drug-likeness (QED) is 0.678. The highest BCUT2D eigenvalue weighted by Crippen LogP contribution is 2.33. The number of benzene rings is 1. The third-order valence-corrected chi connectivity index (χ3v) is 4.70. The number of aromatic nitrogens is 1. The third-order valence-electron chi connectivity index (χ3n) is 3.41. The van der Waals surface area contributed by atoms with Crippen molar-refractivity contribution in [1.82, 2.24) is 4.57 Å². The summed E-state index contributed by atoms with van der Waals surface area (Å²) in [6.45, 7) is 0. The molecule has 3 heteroatoms. The molecule has 0 bridgehead atoms. The van der Waals surface area contributed by atoms with E-state index in [1.54, 1.807) is 0 Å². The van der Waals surface area contributed by atoms with Gasteiger partial charge in [-0.05, 0) is 24.8 Å². The number of thiazole rings is 1. The van der Waals surface area contributed by atoms with Gasteiger partial charge in [-0.3, -0.25) is 4.99 Å². The van der Waals surface area contributed by atoms with Crippen molar-refractivity contribution in [1.29, 1.82) is 0 Å². The number of rotatable bonds is 0. The number of aryl methyl sites for hydroxylation is 2. The Hall–Kier alpha value is -1.35. The van der Waals surface area contributed by atoms with Crippen molar-refractivity contribution in [2.45, 2.75) is 19.3 Å². The molecule has 0 N–H and O–H groups in total. The molecule has 1 aliphatic rings. The van der Waals surface area contributed by atoms with E-state index in [1.807, 2.05) is 18.4 Å². The number of fused-ring (bicyclic) bond motifs is 3. The minimum Gasteiger partial charge on any atom is -0.320 e. The van der Waals surface area contributed by atoms with Gasteiger partial charge in [0.25, 0.3) is 0 Å². The summed E-state index contributed by atoms with van der Waals surface area (Å²) < 4.78 is 2.24. The lowest BCUT2D eigenvalue weighted by atomic mass is 10.0. The second kappa shape index (κ2) is 4.15. The van der Waals surface area contributed by atoms with Gasteiger partial charge in [0, 0.05) is 24.5 Å². The first-order chi connectivity index (χ1) is 8.31. The fourth-order valence-corrected chi connectivity index (χ4v) is 3.74. The van der Waals surface area contributed by atoms with E-state index >= 15 is 0 Å². The normalized spacial score (nSPS) is 15.3. The molecule has 0 spiro atoms. The lowest BCUT2D eigenvalue weighted by Gasteiger charge is -2.08. The van der Waals surface area contributed by atoms with Crippen molar-refractivity contribution < 1.29 is 0 Å². The maximum absolute atomic E-state index is 4.36. The number of hydrogen-bond donors (Lipinski definition) is 0. The highest BCUT2D eigenvalue weighted by Gasteiger charge is 2.18. The molecule has 1 aliphatic carbocycles. The van der Waals surface area contributed by atoms with Crippen LogP contribution < -0.4 is 4.80 Å². The predicted molar refractivity (Wildman–Crippen MR) is 72.2 cm³/mol. The summed E-state index contributed by atoms with van der Waals surface area (Å²) in [6.07, 6.45) is 3.61. The van der Waals surface area contributed by atoms with Gasteiger partial charge in [-0.2, -0.15) is 0 Å². The molecule has 1 aromatic heterocycles. The Balaban J connectivity index is 2.35. The maximum atomic E-state index is 4.36. The van der Waals surface area contributed by atoms with Gasteiger partial charge in [0.1, 0.15) is 0 Å². The Morgan fingerprint density at radius 2 is 2.06 bits per heavy atom. The van der Waals surface area contributed by atoms with E-state index < -0.39 is 0 Å². The molecule has 0 unspecified atom stereocenters. The van der Waals surface area contributed by atoms with Crippen molar-refractivity contribution in [3.8, 4) is 11.3 Å². The Kier molecular flexibility index (Phi) is 2.63. The van der Waals surface area contributed by atoms with Crippen LogP contribution in [0, 0.1) is 0 Å². The van der Waals surface area contributed by atoms with E-state index in [4.69, 9.17) is 0 Å². The smallest absolute Gasteiger partial charge is 0.184 e. The lowest BCUT2D eigenvalue weighted by Crippen LogP contribution is -2.11. The molecular formula is C14H16N2S. The fourth-order valence-electron chi connectivity index (χ4n) is 2.61. The summed E-state index contributed by atoms with van der Waals surface area (Å²) in [7, 11) is 4.00. The van der Waals surface area contributed by atoms with Gasteiger partial charge in [-0.1, -0.05) is 24.3 Å². The summed E-state index contributed by atoms with van der Waals surface area (Å²) in [6, 6.07) is 8.77. The Labute approximate surface area is 105 Å². The summed E-state index contributed by atoms with van der Waals surface area (Å²) in [4.78, 5) is 6.96. The van der Waals surface area contributed by atoms with E-state index in [1.165, 1.54) is 41.0 Å². The van der Waals surface area contributed by atoms with Crippen LogP contribution in [0.5, 0.6) is 0 Å². The molecule has 0 fully saturated rings. The minimum absolute atomic E-state index is 1.12. The van der Waals surface area contributed by atoms with Crippen molar-refractivity contribution in [2.24, 2.45) is 12.0 Å². The highest BCUT2D eigenvalue weighted by molar-refractivity contribution is 7.09. The molecule has 0 radical (unpaired) electrons. The van der Waals surface area contributed by atoms with Crippen LogP contribution >= 0.6 is 11.3 Å². The molecule has 88 valence electrons. The Morgan fingerprint density at radius 1 is 1.24 bits per heavy atom. The molecule has 0 aliphatic heterocycles. The average Bonchev–Trinajstić information content (AvgIpc) is 2.56. The summed E-state index contributed by atoms with van der Waals surface area (Å²) in [5.74, 6) is 0. The Bertz CT molecular complexity index is 619. The SMILES string of the molecule is CN=c1sc2c(n1C)-c1ccccc1CCC2. The average molecular weight is 244 g/mol. The molecule has 0 amide bonds. The zero-order valence-electron chi connectivity index (χ0n) is 10.2. The zero-order valence-corrected chi connectivity index (χ0v) is 11.0. The van der Waals surface area contributed by atoms with Gasteiger partial charge in [-0.25, -0.2) is 0 Å². The van der Waals surface area contributed by atoms with Gasteiger partial charge in [-0.15, -0.1) is 11.3 Å². The molecule has 1 heterocycles. The molecule has 0 atom stereocenters.